The number of benzene rings is 2. The predicted molar refractivity (Wildman–Crippen MR) is 122 cm³/mol. The number of H-pyrrole nitrogens is 1. The maximum absolute atomic E-state index is 13.3. The summed E-state index contributed by atoms with van der Waals surface area (Å²) in [5, 5.41) is 5.11. The van der Waals surface area contributed by atoms with Gasteiger partial charge in [-0.25, -0.2) is 8.42 Å². The third-order valence-corrected chi connectivity index (χ3v) is 7.58. The maximum atomic E-state index is 13.3. The van der Waals surface area contributed by atoms with Crippen molar-refractivity contribution in [2.24, 2.45) is 0 Å². The normalized spacial score (nSPS) is 16.0. The molecule has 1 aliphatic rings. The highest BCUT2D eigenvalue weighted by Gasteiger charge is 2.24. The van der Waals surface area contributed by atoms with Crippen LogP contribution in [0.25, 0.3) is 10.9 Å². The Morgan fingerprint density at radius 1 is 1.10 bits per heavy atom. The van der Waals surface area contributed by atoms with Gasteiger partial charge in [0.2, 0.25) is 9.84 Å². The Hall–Kier alpha value is -1.44. The fourth-order valence-electron chi connectivity index (χ4n) is 3.58. The van der Waals surface area contributed by atoms with Gasteiger partial charge in [0.05, 0.1) is 20.5 Å². The van der Waals surface area contributed by atoms with Gasteiger partial charge < -0.3 is 15.2 Å². The average molecular weight is 475 g/mol. The van der Waals surface area contributed by atoms with E-state index in [0.29, 0.717) is 26.6 Å². The molecule has 2 heterocycles. The van der Waals surface area contributed by atoms with E-state index in [-0.39, 0.29) is 28.2 Å². The molecule has 4 rings (SSSR count). The third kappa shape index (κ3) is 4.52. The lowest BCUT2D eigenvalue weighted by molar-refractivity contribution is 0.264. The molecule has 9 heteroatoms. The number of nitrogens with one attached hydrogen (secondary N) is 2. The second kappa shape index (κ2) is 8.74. The molecule has 1 saturated heterocycles. The Morgan fingerprint density at radius 3 is 2.55 bits per heavy atom. The molecule has 0 amide bonds. The van der Waals surface area contributed by atoms with E-state index < -0.39 is 9.84 Å². The highest BCUT2D eigenvalue weighted by molar-refractivity contribution is 7.91. The van der Waals surface area contributed by atoms with Crippen LogP contribution in [-0.2, 0) is 9.84 Å². The molecular formula is C20H22Cl3N3O2S. The number of hydrogen-bond donors (Lipinski definition) is 2. The number of aromatic amines is 1. The van der Waals surface area contributed by atoms with Crippen LogP contribution in [0.5, 0.6) is 0 Å². The average Bonchev–Trinajstić information content (AvgIpc) is 3.09. The van der Waals surface area contributed by atoms with E-state index in [1.54, 1.807) is 36.4 Å². The first-order valence-electron chi connectivity index (χ1n) is 9.11. The van der Waals surface area contributed by atoms with Gasteiger partial charge in [-0.2, -0.15) is 0 Å². The number of anilines is 1. The van der Waals surface area contributed by atoms with Gasteiger partial charge in [0.1, 0.15) is 0 Å². The Bertz CT molecular complexity index is 1120. The lowest BCUT2D eigenvalue weighted by Crippen LogP contribution is -2.36. The van der Waals surface area contributed by atoms with Crippen molar-refractivity contribution in [3.8, 4) is 0 Å². The summed E-state index contributed by atoms with van der Waals surface area (Å²) in [6, 6.07) is 10.2. The standard InChI is InChI=1S/C20H21Cl2N3O2S.ClH/c1-25-8-6-14(7-9-25)24-19-11-15(3-5-17(19)22)28(26,27)20-12-23-18-10-13(21)2-4-16(18)20;/h2-5,10-12,14,23-24H,6-9H2,1H3;1H. The van der Waals surface area contributed by atoms with Crippen LogP contribution in [0.15, 0.2) is 52.4 Å². The van der Waals surface area contributed by atoms with Gasteiger partial charge in [0.25, 0.3) is 0 Å². The van der Waals surface area contributed by atoms with E-state index >= 15 is 0 Å². The van der Waals surface area contributed by atoms with E-state index in [4.69, 9.17) is 23.2 Å². The first kappa shape index (κ1) is 22.2. The molecule has 0 bridgehead atoms. The quantitative estimate of drug-likeness (QED) is 0.543. The summed E-state index contributed by atoms with van der Waals surface area (Å²) in [5.41, 5.74) is 1.34. The SMILES string of the molecule is CN1CCC(Nc2cc(S(=O)(=O)c3c[nH]c4cc(Cl)ccc34)ccc2Cl)CC1.Cl. The highest BCUT2D eigenvalue weighted by Crippen LogP contribution is 2.33. The fraction of sp³-hybridized carbons (Fsp3) is 0.300. The second-order valence-corrected chi connectivity index (χ2v) is 9.97. The lowest BCUT2D eigenvalue weighted by Gasteiger charge is -2.30. The van der Waals surface area contributed by atoms with E-state index in [1.165, 1.54) is 6.20 Å². The van der Waals surface area contributed by atoms with Crippen molar-refractivity contribution >= 4 is 62.0 Å². The summed E-state index contributed by atoms with van der Waals surface area (Å²) in [6.45, 7) is 2.01. The van der Waals surface area contributed by atoms with E-state index in [1.807, 2.05) is 0 Å². The topological polar surface area (TPSA) is 65.2 Å². The molecule has 0 unspecified atom stereocenters. The molecule has 0 saturated carbocycles. The van der Waals surface area contributed by atoms with Gasteiger partial charge in [-0.15, -0.1) is 12.4 Å². The summed E-state index contributed by atoms with van der Waals surface area (Å²) in [4.78, 5) is 5.71. The molecule has 2 N–H and O–H groups in total. The van der Waals surface area contributed by atoms with E-state index in [9.17, 15) is 8.42 Å². The molecule has 1 aliphatic heterocycles. The molecule has 5 nitrogen and oxygen atoms in total. The molecule has 29 heavy (non-hydrogen) atoms. The van der Waals surface area contributed by atoms with Gasteiger partial charge in [0.15, 0.2) is 0 Å². The maximum Gasteiger partial charge on any atom is 0.208 e. The van der Waals surface area contributed by atoms with Crippen molar-refractivity contribution in [3.05, 3.63) is 52.6 Å². The number of sulfone groups is 1. The first-order chi connectivity index (χ1) is 13.3. The predicted octanol–water partition coefficient (Wildman–Crippen LogP) is 5.24. The lowest BCUT2D eigenvalue weighted by atomic mass is 10.1. The number of likely N-dealkylation sites (tertiary alicyclic amines) is 1. The van der Waals surface area contributed by atoms with Crippen LogP contribution in [-0.4, -0.2) is 44.5 Å². The molecule has 0 radical (unpaired) electrons. The summed E-state index contributed by atoms with van der Waals surface area (Å²) >= 11 is 12.3. The van der Waals surface area contributed by atoms with Gasteiger partial charge in [-0.05, 0) is 63.3 Å². The molecule has 156 valence electrons. The number of rotatable bonds is 4. The molecule has 1 aromatic heterocycles. The number of fused-ring (bicyclic) bond motifs is 1. The molecule has 0 atom stereocenters. The largest absolute Gasteiger partial charge is 0.381 e. The number of piperidine rings is 1. The number of halogens is 3. The van der Waals surface area contributed by atoms with E-state index in [2.05, 4.69) is 22.2 Å². The van der Waals surface area contributed by atoms with Crippen molar-refractivity contribution < 1.29 is 8.42 Å². The zero-order valence-electron chi connectivity index (χ0n) is 15.8. The van der Waals surface area contributed by atoms with Gasteiger partial charge in [-0.1, -0.05) is 29.3 Å². The Balaban J connectivity index is 0.00000240. The van der Waals surface area contributed by atoms with Crippen LogP contribution in [0.4, 0.5) is 5.69 Å². The fourth-order valence-corrected chi connectivity index (χ4v) is 5.38. The van der Waals surface area contributed by atoms with Crippen LogP contribution in [0, 0.1) is 0 Å². The van der Waals surface area contributed by atoms with Gasteiger partial charge in [0, 0.05) is 28.2 Å². The van der Waals surface area contributed by atoms with Crippen LogP contribution in [0.3, 0.4) is 0 Å². The monoisotopic (exact) mass is 473 g/mol. The van der Waals surface area contributed by atoms with Crippen molar-refractivity contribution in [3.63, 3.8) is 0 Å². The molecular weight excluding hydrogens is 453 g/mol. The van der Waals surface area contributed by atoms with Crippen molar-refractivity contribution in [1.82, 2.24) is 9.88 Å². The summed E-state index contributed by atoms with van der Waals surface area (Å²) < 4.78 is 26.5. The zero-order valence-corrected chi connectivity index (χ0v) is 18.9. The first-order valence-corrected chi connectivity index (χ1v) is 11.3. The highest BCUT2D eigenvalue weighted by atomic mass is 35.5. The third-order valence-electron chi connectivity index (χ3n) is 5.22. The minimum Gasteiger partial charge on any atom is -0.381 e. The Morgan fingerprint density at radius 2 is 1.83 bits per heavy atom. The summed E-state index contributed by atoms with van der Waals surface area (Å²) in [6.07, 6.45) is 3.50. The Labute approximate surface area is 186 Å². The molecule has 1 fully saturated rings. The summed E-state index contributed by atoms with van der Waals surface area (Å²) in [5.74, 6) is 0. The van der Waals surface area contributed by atoms with Gasteiger partial charge >= 0.3 is 0 Å². The minimum atomic E-state index is -3.71. The van der Waals surface area contributed by atoms with Gasteiger partial charge in [-0.3, -0.25) is 0 Å². The van der Waals surface area contributed by atoms with Crippen molar-refractivity contribution in [2.75, 3.05) is 25.5 Å². The van der Waals surface area contributed by atoms with E-state index in [0.717, 1.165) is 25.9 Å². The summed E-state index contributed by atoms with van der Waals surface area (Å²) in [7, 11) is -1.60. The number of nitrogens with zero attached hydrogens (tertiary/aromatic N) is 1. The molecule has 3 aromatic rings. The number of aromatic nitrogens is 1. The van der Waals surface area contributed by atoms with Crippen molar-refractivity contribution in [2.45, 2.75) is 28.7 Å². The van der Waals surface area contributed by atoms with Crippen LogP contribution >= 0.6 is 35.6 Å². The zero-order chi connectivity index (χ0) is 19.9. The van der Waals surface area contributed by atoms with Crippen LogP contribution in [0.1, 0.15) is 12.8 Å². The van der Waals surface area contributed by atoms with Crippen LogP contribution in [0.2, 0.25) is 10.0 Å². The Kier molecular flexibility index (Phi) is 6.70. The molecule has 0 aliphatic carbocycles. The van der Waals surface area contributed by atoms with Crippen LogP contribution < -0.4 is 5.32 Å². The molecule has 2 aromatic carbocycles. The number of hydrogen-bond acceptors (Lipinski definition) is 4. The smallest absolute Gasteiger partial charge is 0.208 e. The molecule has 0 spiro atoms. The minimum absolute atomic E-state index is 0. The van der Waals surface area contributed by atoms with Crippen molar-refractivity contribution in [1.29, 1.82) is 0 Å². The second-order valence-electron chi connectivity index (χ2n) is 7.21.